The summed E-state index contributed by atoms with van der Waals surface area (Å²) in [6, 6.07) is 21.3. The van der Waals surface area contributed by atoms with E-state index in [1.165, 1.54) is 5.56 Å². The first-order valence-corrected chi connectivity index (χ1v) is 8.22. The molecule has 0 aliphatic heterocycles. The van der Waals surface area contributed by atoms with E-state index in [2.05, 4.69) is 12.2 Å². The van der Waals surface area contributed by atoms with Crippen molar-refractivity contribution in [1.29, 1.82) is 0 Å². The van der Waals surface area contributed by atoms with Gasteiger partial charge < -0.3 is 10.4 Å². The van der Waals surface area contributed by atoms with Crippen LogP contribution in [0.5, 0.6) is 0 Å². The fourth-order valence-electron chi connectivity index (χ4n) is 2.83. The van der Waals surface area contributed by atoms with E-state index in [-0.39, 0.29) is 12.5 Å². The quantitative estimate of drug-likeness (QED) is 0.750. The van der Waals surface area contributed by atoms with Crippen LogP contribution in [0.4, 0.5) is 0 Å². The number of amides is 1. The average Bonchev–Trinajstić information content (AvgIpc) is 2.65. The van der Waals surface area contributed by atoms with E-state index in [1.807, 2.05) is 66.7 Å². The number of hydrogen-bond acceptors (Lipinski definition) is 2. The number of benzene rings is 3. The molecule has 0 spiro atoms. The number of aryl methyl sites for hydroxylation is 1. The molecule has 0 heterocycles. The maximum absolute atomic E-state index is 12.2. The van der Waals surface area contributed by atoms with Crippen molar-refractivity contribution in [2.24, 2.45) is 0 Å². The van der Waals surface area contributed by atoms with Crippen molar-refractivity contribution in [1.82, 2.24) is 5.32 Å². The van der Waals surface area contributed by atoms with Crippen LogP contribution >= 0.6 is 0 Å². The van der Waals surface area contributed by atoms with Crippen molar-refractivity contribution in [3.63, 3.8) is 0 Å². The molecule has 0 saturated heterocycles. The zero-order valence-electron chi connectivity index (χ0n) is 13.7. The van der Waals surface area contributed by atoms with Gasteiger partial charge in [0.05, 0.1) is 6.10 Å². The van der Waals surface area contributed by atoms with Gasteiger partial charge in [-0.25, -0.2) is 0 Å². The Morgan fingerprint density at radius 1 is 1.00 bits per heavy atom. The molecule has 1 atom stereocenters. The van der Waals surface area contributed by atoms with E-state index in [0.717, 1.165) is 22.8 Å². The van der Waals surface area contributed by atoms with E-state index >= 15 is 0 Å². The first kappa shape index (κ1) is 16.2. The lowest BCUT2D eigenvalue weighted by atomic mass is 10.0. The van der Waals surface area contributed by atoms with Crippen molar-refractivity contribution in [3.8, 4) is 0 Å². The lowest BCUT2D eigenvalue weighted by Gasteiger charge is -2.15. The normalized spacial score (nSPS) is 12.1. The van der Waals surface area contributed by atoms with Gasteiger partial charge in [-0.2, -0.15) is 0 Å². The zero-order valence-corrected chi connectivity index (χ0v) is 13.7. The van der Waals surface area contributed by atoms with Gasteiger partial charge in [-0.05, 0) is 40.5 Å². The van der Waals surface area contributed by atoms with Gasteiger partial charge in [-0.15, -0.1) is 0 Å². The molecule has 0 aliphatic carbocycles. The van der Waals surface area contributed by atoms with Crippen molar-refractivity contribution in [3.05, 3.63) is 83.4 Å². The fourth-order valence-corrected chi connectivity index (χ4v) is 2.83. The summed E-state index contributed by atoms with van der Waals surface area (Å²) in [5.41, 5.74) is 2.63. The second-order valence-electron chi connectivity index (χ2n) is 5.84. The Morgan fingerprint density at radius 2 is 1.71 bits per heavy atom. The minimum Gasteiger partial charge on any atom is -0.387 e. The molecule has 3 heteroatoms. The van der Waals surface area contributed by atoms with Crippen molar-refractivity contribution in [2.45, 2.75) is 19.4 Å². The van der Waals surface area contributed by atoms with Crippen LogP contribution in [-0.2, 0) is 6.42 Å². The van der Waals surface area contributed by atoms with Crippen LogP contribution in [-0.4, -0.2) is 17.6 Å². The van der Waals surface area contributed by atoms with Gasteiger partial charge >= 0.3 is 0 Å². The highest BCUT2D eigenvalue weighted by Gasteiger charge is 2.13. The molecule has 1 amide bonds. The highest BCUT2D eigenvalue weighted by Crippen LogP contribution is 2.23. The second kappa shape index (κ2) is 7.28. The molecule has 0 bridgehead atoms. The number of rotatable bonds is 5. The van der Waals surface area contributed by atoms with Crippen molar-refractivity contribution in [2.75, 3.05) is 6.54 Å². The van der Waals surface area contributed by atoms with Gasteiger partial charge in [0.15, 0.2) is 0 Å². The molecule has 24 heavy (non-hydrogen) atoms. The molecule has 0 aliphatic rings. The number of aliphatic hydroxyl groups excluding tert-OH is 1. The minimum atomic E-state index is -0.741. The lowest BCUT2D eigenvalue weighted by molar-refractivity contribution is 0.0917. The molecule has 0 fully saturated rings. The zero-order chi connectivity index (χ0) is 16.9. The van der Waals surface area contributed by atoms with E-state index in [1.54, 1.807) is 0 Å². The molecule has 1 unspecified atom stereocenters. The van der Waals surface area contributed by atoms with Crippen molar-refractivity contribution < 1.29 is 9.90 Å². The first-order valence-electron chi connectivity index (χ1n) is 8.22. The Bertz CT molecular complexity index is 835. The van der Waals surface area contributed by atoms with Crippen LogP contribution in [0.3, 0.4) is 0 Å². The van der Waals surface area contributed by atoms with Gasteiger partial charge in [0.2, 0.25) is 0 Å². The van der Waals surface area contributed by atoms with Crippen LogP contribution < -0.4 is 5.32 Å². The Hall–Kier alpha value is -2.65. The van der Waals surface area contributed by atoms with E-state index in [4.69, 9.17) is 0 Å². The van der Waals surface area contributed by atoms with E-state index in [9.17, 15) is 9.90 Å². The van der Waals surface area contributed by atoms with E-state index in [0.29, 0.717) is 5.56 Å². The third kappa shape index (κ3) is 3.47. The second-order valence-corrected chi connectivity index (χ2v) is 5.84. The number of carbonyl (C=O) groups is 1. The number of fused-ring (bicyclic) bond motifs is 1. The summed E-state index contributed by atoms with van der Waals surface area (Å²) in [7, 11) is 0. The summed E-state index contributed by atoms with van der Waals surface area (Å²) in [5, 5.41) is 15.4. The summed E-state index contributed by atoms with van der Waals surface area (Å²) in [5.74, 6) is -0.170. The van der Waals surface area contributed by atoms with Gasteiger partial charge in [-0.1, -0.05) is 61.5 Å². The molecule has 2 N–H and O–H groups in total. The number of carbonyl (C=O) groups excluding carboxylic acids is 1. The number of aliphatic hydroxyl groups is 1. The van der Waals surface area contributed by atoms with Crippen molar-refractivity contribution >= 4 is 16.7 Å². The highest BCUT2D eigenvalue weighted by molar-refractivity contribution is 5.94. The van der Waals surface area contributed by atoms with Gasteiger partial charge in [-0.3, -0.25) is 4.79 Å². The van der Waals surface area contributed by atoms with Gasteiger partial charge in [0.25, 0.3) is 5.91 Å². The topological polar surface area (TPSA) is 49.3 Å². The Labute approximate surface area is 142 Å². The molecule has 0 saturated carbocycles. The summed E-state index contributed by atoms with van der Waals surface area (Å²) in [6.45, 7) is 2.26. The molecule has 3 aromatic rings. The summed E-state index contributed by atoms with van der Waals surface area (Å²) in [4.78, 5) is 12.2. The first-order chi connectivity index (χ1) is 11.7. The smallest absolute Gasteiger partial charge is 0.251 e. The lowest BCUT2D eigenvalue weighted by Crippen LogP contribution is -2.28. The van der Waals surface area contributed by atoms with Gasteiger partial charge in [0, 0.05) is 12.1 Å². The summed E-state index contributed by atoms with van der Waals surface area (Å²) in [6.07, 6.45) is 0.205. The molecule has 3 aromatic carbocycles. The van der Waals surface area contributed by atoms with E-state index < -0.39 is 6.10 Å². The molecule has 0 radical (unpaired) electrons. The third-order valence-corrected chi connectivity index (χ3v) is 4.26. The Morgan fingerprint density at radius 3 is 2.46 bits per heavy atom. The SMILES string of the molecule is CCc1ccc(C(=O)NCC(O)c2cccc3ccccc23)cc1. The molecular weight excluding hydrogens is 298 g/mol. The van der Waals surface area contributed by atoms with Crippen LogP contribution in [0.15, 0.2) is 66.7 Å². The maximum Gasteiger partial charge on any atom is 0.251 e. The molecule has 122 valence electrons. The van der Waals surface area contributed by atoms with Crippen LogP contribution in [0.25, 0.3) is 10.8 Å². The highest BCUT2D eigenvalue weighted by atomic mass is 16.3. The molecular formula is C21H21NO2. The molecule has 3 rings (SSSR count). The molecule has 3 nitrogen and oxygen atoms in total. The number of hydrogen-bond donors (Lipinski definition) is 2. The Kier molecular flexibility index (Phi) is 4.92. The summed E-state index contributed by atoms with van der Waals surface area (Å²) < 4.78 is 0. The predicted octanol–water partition coefficient (Wildman–Crippen LogP) is 3.87. The van der Waals surface area contributed by atoms with Crippen LogP contribution in [0, 0.1) is 0 Å². The largest absolute Gasteiger partial charge is 0.387 e. The summed E-state index contributed by atoms with van der Waals surface area (Å²) >= 11 is 0. The fraction of sp³-hybridized carbons (Fsp3) is 0.190. The van der Waals surface area contributed by atoms with Gasteiger partial charge in [0.1, 0.15) is 0 Å². The number of nitrogens with one attached hydrogen (secondary N) is 1. The standard InChI is InChI=1S/C21H21NO2/c1-2-15-10-12-17(13-11-15)21(24)22-14-20(23)19-9-5-7-16-6-3-4-8-18(16)19/h3-13,20,23H,2,14H2,1H3,(H,22,24). The third-order valence-electron chi connectivity index (χ3n) is 4.26. The Balaban J connectivity index is 1.70. The minimum absolute atomic E-state index is 0.170. The predicted molar refractivity (Wildman–Crippen MR) is 97.1 cm³/mol. The molecule has 0 aromatic heterocycles. The average molecular weight is 319 g/mol. The van der Waals surface area contributed by atoms with Crippen LogP contribution in [0.2, 0.25) is 0 Å². The monoisotopic (exact) mass is 319 g/mol. The maximum atomic E-state index is 12.2. The van der Waals surface area contributed by atoms with Crippen LogP contribution in [0.1, 0.15) is 34.5 Å².